The maximum atomic E-state index is 12.6. The molecule has 0 aliphatic heterocycles. The Morgan fingerprint density at radius 2 is 2.12 bits per heavy atom. The minimum absolute atomic E-state index is 0.0259. The van der Waals surface area contributed by atoms with Gasteiger partial charge in [-0.3, -0.25) is 9.71 Å². The smallest absolute Gasteiger partial charge is 0.417 e. The summed E-state index contributed by atoms with van der Waals surface area (Å²) >= 11 is 1.21. The van der Waals surface area contributed by atoms with Crippen LogP contribution in [0.3, 0.4) is 0 Å². The summed E-state index contributed by atoms with van der Waals surface area (Å²) in [6.07, 6.45) is 0. The molecule has 2 aromatic carbocycles. The normalized spacial score (nSPS) is 11.9. The van der Waals surface area contributed by atoms with Crippen LogP contribution in [0.4, 0.5) is 5.13 Å². The van der Waals surface area contributed by atoms with E-state index in [0.717, 1.165) is 4.70 Å². The van der Waals surface area contributed by atoms with Crippen molar-refractivity contribution in [2.75, 3.05) is 11.3 Å². The second-order valence-electron chi connectivity index (χ2n) is 5.36. The van der Waals surface area contributed by atoms with Gasteiger partial charge in [0.15, 0.2) is 10.7 Å². The number of oxazole rings is 1. The molecule has 0 bridgehead atoms. The number of hydrogen-bond donors (Lipinski definition) is 2. The van der Waals surface area contributed by atoms with Gasteiger partial charge >= 0.3 is 5.76 Å². The molecule has 0 aliphatic rings. The van der Waals surface area contributed by atoms with E-state index in [0.29, 0.717) is 23.4 Å². The average Bonchev–Trinajstić information content (AvgIpc) is 3.14. The lowest BCUT2D eigenvalue weighted by molar-refractivity contribution is 0.341. The van der Waals surface area contributed by atoms with Gasteiger partial charge in [0.05, 0.1) is 27.2 Å². The van der Waals surface area contributed by atoms with Crippen molar-refractivity contribution < 1.29 is 17.6 Å². The molecular formula is C16H13N3O5S2. The number of ether oxygens (including phenoxy) is 1. The van der Waals surface area contributed by atoms with E-state index in [4.69, 9.17) is 9.15 Å². The number of hydrogen-bond acceptors (Lipinski definition) is 7. The number of rotatable bonds is 5. The zero-order valence-electron chi connectivity index (χ0n) is 13.5. The molecule has 0 saturated heterocycles. The molecule has 0 fully saturated rings. The molecule has 2 heterocycles. The van der Waals surface area contributed by atoms with Crippen molar-refractivity contribution in [1.29, 1.82) is 0 Å². The van der Waals surface area contributed by atoms with Crippen LogP contribution in [-0.4, -0.2) is 25.0 Å². The monoisotopic (exact) mass is 391 g/mol. The Morgan fingerprint density at radius 3 is 2.92 bits per heavy atom. The zero-order chi connectivity index (χ0) is 18.3. The largest absolute Gasteiger partial charge is 0.494 e. The maximum absolute atomic E-state index is 12.6. The van der Waals surface area contributed by atoms with E-state index in [1.807, 2.05) is 13.0 Å². The first-order chi connectivity index (χ1) is 12.4. The van der Waals surface area contributed by atoms with Gasteiger partial charge in [-0.1, -0.05) is 11.3 Å². The molecule has 2 N–H and O–H groups in total. The van der Waals surface area contributed by atoms with Crippen molar-refractivity contribution >= 4 is 47.8 Å². The topological polar surface area (TPSA) is 114 Å². The fourth-order valence-electron chi connectivity index (χ4n) is 2.47. The number of H-pyrrole nitrogens is 1. The highest BCUT2D eigenvalue weighted by Gasteiger charge is 2.18. The summed E-state index contributed by atoms with van der Waals surface area (Å²) in [7, 11) is -3.87. The second kappa shape index (κ2) is 6.15. The van der Waals surface area contributed by atoms with E-state index < -0.39 is 15.8 Å². The second-order valence-corrected chi connectivity index (χ2v) is 8.07. The maximum Gasteiger partial charge on any atom is 0.417 e. The van der Waals surface area contributed by atoms with Gasteiger partial charge in [-0.25, -0.2) is 18.2 Å². The predicted octanol–water partition coefficient (Wildman–Crippen LogP) is 2.93. The summed E-state index contributed by atoms with van der Waals surface area (Å²) in [6.45, 7) is 2.43. The Kier molecular flexibility index (Phi) is 3.93. The first kappa shape index (κ1) is 16.6. The average molecular weight is 391 g/mol. The summed E-state index contributed by atoms with van der Waals surface area (Å²) in [6, 6.07) is 9.52. The predicted molar refractivity (Wildman–Crippen MR) is 98.4 cm³/mol. The number of aromatic nitrogens is 2. The molecule has 0 radical (unpaired) electrons. The van der Waals surface area contributed by atoms with Crippen molar-refractivity contribution in [2.45, 2.75) is 11.8 Å². The van der Waals surface area contributed by atoms with Crippen molar-refractivity contribution in [2.24, 2.45) is 0 Å². The fraction of sp³-hybridized carbons (Fsp3) is 0.125. The van der Waals surface area contributed by atoms with Crippen LogP contribution in [0.15, 0.2) is 50.5 Å². The van der Waals surface area contributed by atoms with Crippen molar-refractivity contribution in [3.63, 3.8) is 0 Å². The van der Waals surface area contributed by atoms with Crippen LogP contribution in [-0.2, 0) is 10.0 Å². The molecule has 0 aliphatic carbocycles. The van der Waals surface area contributed by atoms with Crippen LogP contribution in [0.25, 0.3) is 21.3 Å². The van der Waals surface area contributed by atoms with Gasteiger partial charge in [-0.15, -0.1) is 0 Å². The molecule has 2 aromatic heterocycles. The Balaban J connectivity index is 1.67. The van der Waals surface area contributed by atoms with Crippen LogP contribution in [0.5, 0.6) is 5.75 Å². The molecule has 0 unspecified atom stereocenters. The quantitative estimate of drug-likeness (QED) is 0.541. The van der Waals surface area contributed by atoms with Crippen LogP contribution >= 0.6 is 11.3 Å². The Morgan fingerprint density at radius 1 is 1.27 bits per heavy atom. The van der Waals surface area contributed by atoms with Crippen LogP contribution in [0.2, 0.25) is 0 Å². The highest BCUT2D eigenvalue weighted by atomic mass is 32.2. The fourth-order valence-corrected chi connectivity index (χ4v) is 4.62. The van der Waals surface area contributed by atoms with Gasteiger partial charge in [-0.2, -0.15) is 0 Å². The molecule has 0 atom stereocenters. The summed E-state index contributed by atoms with van der Waals surface area (Å²) in [5, 5.41) is 0.240. The van der Waals surface area contributed by atoms with E-state index in [1.165, 1.54) is 29.5 Å². The molecule has 26 heavy (non-hydrogen) atoms. The zero-order valence-corrected chi connectivity index (χ0v) is 15.1. The number of aromatic amines is 1. The molecule has 10 heteroatoms. The standard InChI is InChI=1S/C16H13N3O5S2/c1-2-23-9-3-5-12-14(7-9)25-15(17-12)19-26(21,22)10-4-6-11-13(8-10)24-16(20)18-11/h3-8H,2H2,1H3,(H,17,19)(H,18,20). The number of benzene rings is 2. The van der Waals surface area contributed by atoms with Gasteiger partial charge in [0, 0.05) is 6.07 Å². The number of sulfonamides is 1. The first-order valence-corrected chi connectivity index (χ1v) is 9.94. The van der Waals surface area contributed by atoms with Crippen molar-refractivity contribution in [1.82, 2.24) is 9.97 Å². The Labute approximate surface area is 151 Å². The van der Waals surface area contributed by atoms with Gasteiger partial charge < -0.3 is 9.15 Å². The highest BCUT2D eigenvalue weighted by molar-refractivity contribution is 7.93. The molecule has 0 amide bonds. The van der Waals surface area contributed by atoms with E-state index in [1.54, 1.807) is 12.1 Å². The summed E-state index contributed by atoms with van der Waals surface area (Å²) in [5.41, 5.74) is 1.27. The van der Waals surface area contributed by atoms with Crippen LogP contribution < -0.4 is 15.2 Å². The third kappa shape index (κ3) is 3.04. The molecule has 4 aromatic rings. The van der Waals surface area contributed by atoms with Crippen molar-refractivity contribution in [3.8, 4) is 5.75 Å². The molecular weight excluding hydrogens is 378 g/mol. The number of nitrogens with zero attached hydrogens (tertiary/aromatic N) is 1. The van der Waals surface area contributed by atoms with E-state index >= 15 is 0 Å². The van der Waals surface area contributed by atoms with Crippen molar-refractivity contribution in [3.05, 3.63) is 46.9 Å². The number of fused-ring (bicyclic) bond motifs is 2. The van der Waals surface area contributed by atoms with Gasteiger partial charge in [0.25, 0.3) is 10.0 Å². The summed E-state index contributed by atoms with van der Waals surface area (Å²) in [5.74, 6) is 0.0600. The molecule has 4 rings (SSSR count). The highest BCUT2D eigenvalue weighted by Crippen LogP contribution is 2.30. The molecule has 0 saturated carbocycles. The molecule has 134 valence electrons. The first-order valence-electron chi connectivity index (χ1n) is 7.64. The summed E-state index contributed by atoms with van der Waals surface area (Å²) < 4.78 is 38.8. The third-order valence-electron chi connectivity index (χ3n) is 3.60. The van der Waals surface area contributed by atoms with Gasteiger partial charge in [-0.05, 0) is 37.3 Å². The lowest BCUT2D eigenvalue weighted by Crippen LogP contribution is -2.12. The van der Waals surface area contributed by atoms with Gasteiger partial charge in [0.1, 0.15) is 5.75 Å². The molecule has 8 nitrogen and oxygen atoms in total. The summed E-state index contributed by atoms with van der Waals surface area (Å²) in [4.78, 5) is 17.9. The number of thiazole rings is 1. The SMILES string of the molecule is CCOc1ccc2nc(NS(=O)(=O)c3ccc4[nH]c(=O)oc4c3)sc2c1. The Hall–Kier alpha value is -2.85. The van der Waals surface area contributed by atoms with E-state index in [2.05, 4.69) is 14.7 Å². The van der Waals surface area contributed by atoms with E-state index in [-0.39, 0.29) is 15.6 Å². The molecule has 0 spiro atoms. The van der Waals surface area contributed by atoms with Crippen LogP contribution in [0, 0.1) is 0 Å². The lowest BCUT2D eigenvalue weighted by atomic mass is 10.3. The Bertz CT molecular complexity index is 1270. The lowest BCUT2D eigenvalue weighted by Gasteiger charge is -2.04. The van der Waals surface area contributed by atoms with Crippen LogP contribution in [0.1, 0.15) is 6.92 Å². The number of nitrogens with one attached hydrogen (secondary N) is 2. The van der Waals surface area contributed by atoms with Gasteiger partial charge in [0.2, 0.25) is 0 Å². The minimum Gasteiger partial charge on any atom is -0.494 e. The third-order valence-corrected chi connectivity index (χ3v) is 5.99. The minimum atomic E-state index is -3.87. The van der Waals surface area contributed by atoms with E-state index in [9.17, 15) is 13.2 Å². The number of anilines is 1.